The lowest BCUT2D eigenvalue weighted by atomic mass is 10.2. The van der Waals surface area contributed by atoms with Gasteiger partial charge in [0.1, 0.15) is 5.75 Å². The topological polar surface area (TPSA) is 24.5 Å². The number of rotatable bonds is 9. The summed E-state index contributed by atoms with van der Waals surface area (Å²) in [5, 5.41) is 3.48. The molecule has 0 bridgehead atoms. The van der Waals surface area contributed by atoms with Crippen molar-refractivity contribution in [1.82, 2.24) is 10.2 Å². The van der Waals surface area contributed by atoms with Crippen molar-refractivity contribution in [1.29, 1.82) is 0 Å². The number of halogens is 1. The van der Waals surface area contributed by atoms with E-state index < -0.39 is 0 Å². The quantitative estimate of drug-likeness (QED) is 0.704. The van der Waals surface area contributed by atoms with Crippen LogP contribution in [-0.4, -0.2) is 37.7 Å². The number of benzene rings is 1. The first-order valence-electron chi connectivity index (χ1n) is 7.05. The molecular formula is C15H25BrN2O. The van der Waals surface area contributed by atoms with E-state index in [4.69, 9.17) is 4.74 Å². The monoisotopic (exact) mass is 328 g/mol. The van der Waals surface area contributed by atoms with Crippen molar-refractivity contribution in [2.75, 3.05) is 32.8 Å². The number of hydrogen-bond donors (Lipinski definition) is 1. The maximum Gasteiger partial charge on any atom is 0.123 e. The minimum atomic E-state index is 0.702. The highest BCUT2D eigenvalue weighted by Gasteiger charge is 2.04. The lowest BCUT2D eigenvalue weighted by Crippen LogP contribution is -2.31. The minimum Gasteiger partial charge on any atom is -0.494 e. The van der Waals surface area contributed by atoms with E-state index in [0.29, 0.717) is 6.61 Å². The Morgan fingerprint density at radius 3 is 2.58 bits per heavy atom. The molecule has 0 atom stereocenters. The minimum absolute atomic E-state index is 0.702. The van der Waals surface area contributed by atoms with Gasteiger partial charge < -0.3 is 15.0 Å². The highest BCUT2D eigenvalue weighted by atomic mass is 79.9. The van der Waals surface area contributed by atoms with Crippen LogP contribution in [0.2, 0.25) is 0 Å². The van der Waals surface area contributed by atoms with Gasteiger partial charge in [0.25, 0.3) is 0 Å². The zero-order valence-electron chi connectivity index (χ0n) is 12.2. The van der Waals surface area contributed by atoms with Crippen molar-refractivity contribution in [2.24, 2.45) is 0 Å². The Kier molecular flexibility index (Phi) is 8.10. The number of hydrogen-bond acceptors (Lipinski definition) is 3. The van der Waals surface area contributed by atoms with Gasteiger partial charge in [-0.25, -0.2) is 0 Å². The molecule has 0 radical (unpaired) electrons. The van der Waals surface area contributed by atoms with Gasteiger partial charge in [-0.1, -0.05) is 29.8 Å². The van der Waals surface area contributed by atoms with Crippen LogP contribution < -0.4 is 10.1 Å². The first kappa shape index (κ1) is 16.5. The summed E-state index contributed by atoms with van der Waals surface area (Å²) in [5.74, 6) is 0.973. The predicted molar refractivity (Wildman–Crippen MR) is 84.8 cm³/mol. The Morgan fingerprint density at radius 2 is 1.95 bits per heavy atom. The van der Waals surface area contributed by atoms with Crippen LogP contribution in [-0.2, 0) is 6.54 Å². The number of likely N-dealkylation sites (N-methyl/N-ethyl adjacent to an activating group) is 1. The van der Waals surface area contributed by atoms with E-state index in [-0.39, 0.29) is 0 Å². The summed E-state index contributed by atoms with van der Waals surface area (Å²) >= 11 is 3.51. The second-order valence-corrected chi connectivity index (χ2v) is 5.30. The first-order chi connectivity index (χ1) is 9.21. The van der Waals surface area contributed by atoms with E-state index in [1.807, 2.05) is 19.1 Å². The molecule has 0 amide bonds. The van der Waals surface area contributed by atoms with Gasteiger partial charge in [-0.3, -0.25) is 0 Å². The molecule has 4 heteroatoms. The summed E-state index contributed by atoms with van der Waals surface area (Å²) < 4.78 is 6.74. The van der Waals surface area contributed by atoms with E-state index in [9.17, 15) is 0 Å². The fourth-order valence-electron chi connectivity index (χ4n) is 1.98. The fraction of sp³-hybridized carbons (Fsp3) is 0.600. The molecule has 0 saturated carbocycles. The first-order valence-corrected chi connectivity index (χ1v) is 7.84. The van der Waals surface area contributed by atoms with Crippen LogP contribution in [0.5, 0.6) is 5.75 Å². The summed E-state index contributed by atoms with van der Waals surface area (Å²) in [6.07, 6.45) is 0. The summed E-state index contributed by atoms with van der Waals surface area (Å²) in [6, 6.07) is 6.16. The summed E-state index contributed by atoms with van der Waals surface area (Å²) in [6.45, 7) is 12.3. The molecule has 0 saturated heterocycles. The third-order valence-corrected chi connectivity index (χ3v) is 3.63. The third kappa shape index (κ3) is 5.93. The number of ether oxygens (including phenoxy) is 1. The van der Waals surface area contributed by atoms with E-state index in [1.165, 1.54) is 5.56 Å². The van der Waals surface area contributed by atoms with Gasteiger partial charge >= 0.3 is 0 Å². The van der Waals surface area contributed by atoms with Crippen LogP contribution in [0.3, 0.4) is 0 Å². The van der Waals surface area contributed by atoms with Crippen LogP contribution in [0.4, 0.5) is 0 Å². The molecule has 0 aromatic heterocycles. The largest absolute Gasteiger partial charge is 0.494 e. The standard InChI is InChI=1S/C15H25BrN2O/c1-4-18(5-2)10-9-17-12-13-11-14(16)7-8-15(13)19-6-3/h7-8,11,17H,4-6,9-10,12H2,1-3H3. The van der Waals surface area contributed by atoms with Crippen LogP contribution in [0.25, 0.3) is 0 Å². The SMILES string of the molecule is CCOc1ccc(Br)cc1CNCCN(CC)CC. The Hall–Kier alpha value is -0.580. The van der Waals surface area contributed by atoms with Crippen molar-refractivity contribution < 1.29 is 4.74 Å². The van der Waals surface area contributed by atoms with Gasteiger partial charge in [0, 0.05) is 29.7 Å². The highest BCUT2D eigenvalue weighted by molar-refractivity contribution is 9.10. The average molecular weight is 329 g/mol. The lowest BCUT2D eigenvalue weighted by molar-refractivity contribution is 0.301. The Bertz CT molecular complexity index is 367. The molecule has 0 aliphatic rings. The zero-order chi connectivity index (χ0) is 14.1. The molecule has 1 aromatic rings. The van der Waals surface area contributed by atoms with Gasteiger partial charge in [-0.05, 0) is 38.2 Å². The van der Waals surface area contributed by atoms with Gasteiger partial charge in [0.05, 0.1) is 6.61 Å². The summed E-state index contributed by atoms with van der Waals surface area (Å²) in [7, 11) is 0. The molecule has 0 spiro atoms. The van der Waals surface area contributed by atoms with E-state index >= 15 is 0 Å². The van der Waals surface area contributed by atoms with Crippen molar-refractivity contribution in [2.45, 2.75) is 27.3 Å². The molecule has 0 aliphatic carbocycles. The van der Waals surface area contributed by atoms with Crippen LogP contribution in [0.15, 0.2) is 22.7 Å². The average Bonchev–Trinajstić information content (AvgIpc) is 2.42. The summed E-state index contributed by atoms with van der Waals surface area (Å²) in [4.78, 5) is 2.41. The van der Waals surface area contributed by atoms with Gasteiger partial charge in [0.2, 0.25) is 0 Å². The smallest absolute Gasteiger partial charge is 0.123 e. The highest BCUT2D eigenvalue weighted by Crippen LogP contribution is 2.23. The van der Waals surface area contributed by atoms with Gasteiger partial charge in [-0.2, -0.15) is 0 Å². The predicted octanol–water partition coefficient (Wildman–Crippen LogP) is 3.28. The molecule has 0 aliphatic heterocycles. The Balaban J connectivity index is 2.45. The molecular weight excluding hydrogens is 304 g/mol. The molecule has 0 fully saturated rings. The molecule has 108 valence electrons. The van der Waals surface area contributed by atoms with Gasteiger partial charge in [-0.15, -0.1) is 0 Å². The molecule has 1 N–H and O–H groups in total. The number of nitrogens with zero attached hydrogens (tertiary/aromatic N) is 1. The molecule has 0 heterocycles. The molecule has 1 rings (SSSR count). The molecule has 19 heavy (non-hydrogen) atoms. The van der Waals surface area contributed by atoms with Crippen molar-refractivity contribution in [3.8, 4) is 5.75 Å². The Morgan fingerprint density at radius 1 is 1.21 bits per heavy atom. The van der Waals surface area contributed by atoms with E-state index in [2.05, 4.69) is 46.1 Å². The van der Waals surface area contributed by atoms with E-state index in [1.54, 1.807) is 0 Å². The lowest BCUT2D eigenvalue weighted by Gasteiger charge is -2.18. The van der Waals surface area contributed by atoms with Crippen LogP contribution in [0, 0.1) is 0 Å². The maximum absolute atomic E-state index is 5.64. The third-order valence-electron chi connectivity index (χ3n) is 3.14. The normalized spacial score (nSPS) is 11.0. The molecule has 0 unspecified atom stereocenters. The fourth-order valence-corrected chi connectivity index (χ4v) is 2.39. The van der Waals surface area contributed by atoms with Crippen molar-refractivity contribution in [3.63, 3.8) is 0 Å². The molecule has 1 aromatic carbocycles. The second kappa shape index (κ2) is 9.34. The molecule has 3 nitrogen and oxygen atoms in total. The summed E-state index contributed by atoms with van der Waals surface area (Å²) in [5.41, 5.74) is 1.20. The zero-order valence-corrected chi connectivity index (χ0v) is 13.8. The van der Waals surface area contributed by atoms with E-state index in [0.717, 1.165) is 42.9 Å². The number of nitrogens with one attached hydrogen (secondary N) is 1. The van der Waals surface area contributed by atoms with Crippen molar-refractivity contribution in [3.05, 3.63) is 28.2 Å². The van der Waals surface area contributed by atoms with Gasteiger partial charge in [0.15, 0.2) is 0 Å². The Labute approximate surface area is 125 Å². The second-order valence-electron chi connectivity index (χ2n) is 4.39. The van der Waals surface area contributed by atoms with Crippen LogP contribution in [0.1, 0.15) is 26.3 Å². The van der Waals surface area contributed by atoms with Crippen LogP contribution >= 0.6 is 15.9 Å². The maximum atomic E-state index is 5.64. The van der Waals surface area contributed by atoms with Crippen molar-refractivity contribution >= 4 is 15.9 Å².